The van der Waals surface area contributed by atoms with Crippen LogP contribution >= 0.6 is 0 Å². The lowest BCUT2D eigenvalue weighted by atomic mass is 9.44. The maximum Gasteiger partial charge on any atom is 0.337 e. The number of esters is 3. The average molecular weight is 978 g/mol. The van der Waals surface area contributed by atoms with Crippen LogP contribution in [0.1, 0.15) is 118 Å². The molecule has 2 bridgehead atoms. The van der Waals surface area contributed by atoms with Crippen molar-refractivity contribution >= 4 is 46.2 Å². The molecule has 4 aliphatic rings. The van der Waals surface area contributed by atoms with Gasteiger partial charge in [-0.3, -0.25) is 19.2 Å². The Balaban J connectivity index is 1.56. The lowest BCUT2D eigenvalue weighted by Gasteiger charge is -2.68. The fourth-order valence-corrected chi connectivity index (χ4v) is 17.8. The molecule has 6 rings (SSSR count). The summed E-state index contributed by atoms with van der Waals surface area (Å²) in [5, 5.41) is 30.1. The lowest BCUT2D eigenvalue weighted by Crippen LogP contribution is -2.82. The highest BCUT2D eigenvalue weighted by Crippen LogP contribution is 2.64. The van der Waals surface area contributed by atoms with Crippen molar-refractivity contribution in [1.82, 2.24) is 5.32 Å². The molecule has 1 heterocycles. The lowest BCUT2D eigenvalue weighted by molar-refractivity contribution is -0.345. The topological polar surface area (TPSA) is 193 Å². The molecule has 0 aromatic heterocycles. The molecule has 1 saturated heterocycles. The second-order valence-corrected chi connectivity index (χ2v) is 29.7. The molecule has 3 fully saturated rings. The summed E-state index contributed by atoms with van der Waals surface area (Å²) < 4.78 is 39.4. The number of carbonyl (C=O) groups excluding carboxylic acids is 5. The summed E-state index contributed by atoms with van der Waals surface area (Å²) in [4.78, 5) is 72.0. The highest BCUT2D eigenvalue weighted by atomic mass is 28.4. The van der Waals surface area contributed by atoms with Gasteiger partial charge in [0.25, 0.3) is 5.91 Å². The summed E-state index contributed by atoms with van der Waals surface area (Å²) in [5.74, 6) is -4.67. The average Bonchev–Trinajstić information content (AvgIpc) is 3.31. The number of fused-ring (bicyclic) bond motifs is 5. The molecule has 16 heteroatoms. The molecular formula is C52H75NO13Si2. The Labute approximate surface area is 404 Å². The highest BCUT2D eigenvalue weighted by molar-refractivity contribution is 6.74. The highest BCUT2D eigenvalue weighted by Gasteiger charge is 2.78. The molecule has 0 unspecified atom stereocenters. The van der Waals surface area contributed by atoms with E-state index in [1.807, 2.05) is 39.0 Å². The second-order valence-electron chi connectivity index (χ2n) is 20.3. The molecule has 2 saturated carbocycles. The van der Waals surface area contributed by atoms with Crippen LogP contribution < -0.4 is 5.32 Å². The van der Waals surface area contributed by atoms with E-state index >= 15 is 9.59 Å². The van der Waals surface area contributed by atoms with Crippen LogP contribution in [0, 0.1) is 16.7 Å². The smallest absolute Gasteiger partial charge is 0.337 e. The Hall–Kier alpha value is -4.04. The van der Waals surface area contributed by atoms with Gasteiger partial charge in [0.15, 0.2) is 40.2 Å². The molecule has 3 aliphatic carbocycles. The van der Waals surface area contributed by atoms with Gasteiger partial charge >= 0.3 is 17.9 Å². The molecule has 2 aromatic rings. The molecule has 11 atom stereocenters. The molecule has 2 aromatic carbocycles. The van der Waals surface area contributed by atoms with Crippen molar-refractivity contribution in [2.24, 2.45) is 16.7 Å². The van der Waals surface area contributed by atoms with E-state index in [0.717, 1.165) is 18.1 Å². The molecule has 0 spiro atoms. The summed E-state index contributed by atoms with van der Waals surface area (Å²) in [6.07, 6.45) is -8.12. The van der Waals surface area contributed by atoms with Crippen molar-refractivity contribution < 1.29 is 62.0 Å². The van der Waals surface area contributed by atoms with Crippen molar-refractivity contribution in [3.05, 3.63) is 82.9 Å². The van der Waals surface area contributed by atoms with Crippen LogP contribution in [0.2, 0.25) is 36.3 Å². The Bertz CT molecular complexity index is 2200. The van der Waals surface area contributed by atoms with Crippen molar-refractivity contribution in [2.45, 2.75) is 186 Å². The van der Waals surface area contributed by atoms with E-state index in [9.17, 15) is 24.6 Å². The summed E-state index contributed by atoms with van der Waals surface area (Å²) in [6, 6.07) is 20.9. The SMILES string of the molecule is CC[Si](CC)(CC)O[C@H]1C[C@H]2OC[C@@]2(OC(C)=O)[C@H]2[C@H](O)[C@]3(O)C[C@H](OC(=O)[C@H](O[Si](CC)(CC)CC)[C@@H](NC(=O)c4ccccc4)c4ccccc4)C(C)=C([C@@H](OC(C)=O)C(=O)[C@]12C)C3(C)C. The number of rotatable bonds is 18. The molecule has 68 heavy (non-hydrogen) atoms. The fourth-order valence-electron chi connectivity index (χ4n) is 12.1. The monoisotopic (exact) mass is 977 g/mol. The van der Waals surface area contributed by atoms with Crippen LogP contribution in [0.4, 0.5) is 0 Å². The second kappa shape index (κ2) is 20.4. The Morgan fingerprint density at radius 3 is 1.88 bits per heavy atom. The van der Waals surface area contributed by atoms with Gasteiger partial charge in [-0.15, -0.1) is 0 Å². The number of carbonyl (C=O) groups is 5. The van der Waals surface area contributed by atoms with Gasteiger partial charge in [0.05, 0.1) is 30.3 Å². The molecule has 1 aliphatic heterocycles. The minimum Gasteiger partial charge on any atom is -0.456 e. The zero-order chi connectivity index (χ0) is 50.2. The van der Waals surface area contributed by atoms with Crippen LogP contribution in [-0.2, 0) is 47.0 Å². The first-order valence-corrected chi connectivity index (χ1v) is 29.7. The summed E-state index contributed by atoms with van der Waals surface area (Å²) in [5.41, 5.74) is -5.60. The van der Waals surface area contributed by atoms with Crippen molar-refractivity contribution in [1.29, 1.82) is 0 Å². The van der Waals surface area contributed by atoms with E-state index in [1.165, 1.54) is 13.8 Å². The molecule has 1 amide bonds. The van der Waals surface area contributed by atoms with Crippen LogP contribution in [-0.4, -0.2) is 111 Å². The number of hydrogen-bond acceptors (Lipinski definition) is 13. The first-order valence-electron chi connectivity index (χ1n) is 24.7. The van der Waals surface area contributed by atoms with Crippen LogP contribution in [0.15, 0.2) is 71.8 Å². The summed E-state index contributed by atoms with van der Waals surface area (Å²) in [6.45, 7) is 21.3. The van der Waals surface area contributed by atoms with Gasteiger partial charge in [-0.1, -0.05) is 104 Å². The number of aliphatic hydroxyl groups is 2. The number of nitrogens with one attached hydrogen (secondary N) is 1. The third-order valence-corrected chi connectivity index (χ3v) is 26.1. The number of ketones is 1. The number of benzene rings is 2. The number of Topliss-reactive ketones (excluding diaryl/α,β-unsaturated/α-hetero) is 1. The third-order valence-electron chi connectivity index (χ3n) is 16.8. The fraction of sp³-hybridized carbons (Fsp3) is 0.635. The Kier molecular flexibility index (Phi) is 16.0. The molecule has 374 valence electrons. The Morgan fingerprint density at radius 1 is 0.824 bits per heavy atom. The maximum atomic E-state index is 16.1. The molecule has 0 radical (unpaired) electrons. The van der Waals surface area contributed by atoms with Gasteiger partial charge in [0.1, 0.15) is 17.8 Å². The van der Waals surface area contributed by atoms with E-state index < -0.39 is 117 Å². The van der Waals surface area contributed by atoms with Gasteiger partial charge in [-0.2, -0.15) is 0 Å². The number of amides is 1. The quantitative estimate of drug-likeness (QED) is 0.0565. The van der Waals surface area contributed by atoms with Crippen LogP contribution in [0.3, 0.4) is 0 Å². The van der Waals surface area contributed by atoms with Gasteiger partial charge in [0.2, 0.25) is 0 Å². The summed E-state index contributed by atoms with van der Waals surface area (Å²) >= 11 is 0. The van der Waals surface area contributed by atoms with Gasteiger partial charge in [-0.25, -0.2) is 4.79 Å². The molecule has 14 nitrogen and oxygen atoms in total. The van der Waals surface area contributed by atoms with Crippen molar-refractivity contribution in [3.8, 4) is 0 Å². The number of hydrogen-bond donors (Lipinski definition) is 3. The minimum atomic E-state index is -2.68. The van der Waals surface area contributed by atoms with Gasteiger partial charge < -0.3 is 43.3 Å². The predicted octanol–water partition coefficient (Wildman–Crippen LogP) is 7.93. The van der Waals surface area contributed by atoms with Crippen LogP contribution in [0.25, 0.3) is 0 Å². The van der Waals surface area contributed by atoms with E-state index in [4.69, 9.17) is 27.8 Å². The predicted molar refractivity (Wildman–Crippen MR) is 260 cm³/mol. The minimum absolute atomic E-state index is 0.142. The van der Waals surface area contributed by atoms with E-state index in [1.54, 1.807) is 70.2 Å². The first kappa shape index (κ1) is 53.3. The maximum absolute atomic E-state index is 16.1. The van der Waals surface area contributed by atoms with E-state index in [-0.39, 0.29) is 25.0 Å². The van der Waals surface area contributed by atoms with Gasteiger partial charge in [0, 0.05) is 43.6 Å². The van der Waals surface area contributed by atoms with Crippen LogP contribution in [0.5, 0.6) is 0 Å². The van der Waals surface area contributed by atoms with E-state index in [2.05, 4.69) is 26.1 Å². The standard InChI is InChI=1S/C52H75NO13Si2/c1-13-67(14-2,15-3)65-38-29-39-51(31-61-39,64-34(9)55)44-46(57)52(60)30-37(32(7)40(49(52,10)11)42(62-33(8)54)45(56)50(38,44)12)63-48(59)43(66-68(16-4,17-5)18-6)41(35-25-21-19-22-26-35)53-47(58)36-27-23-20-24-28-36/h19-28,37-39,41-44,46,57,60H,13-18,29-31H2,1-12H3,(H,53,58)/t37-,38-,39+,41-,42+,43+,44-,46-,50+,51-,52+/m0/s1. The van der Waals surface area contributed by atoms with E-state index in [0.29, 0.717) is 34.8 Å². The van der Waals surface area contributed by atoms with Crippen molar-refractivity contribution in [3.63, 3.8) is 0 Å². The molecular weight excluding hydrogens is 903 g/mol. The number of ether oxygens (including phenoxy) is 4. The number of aliphatic hydroxyl groups excluding tert-OH is 1. The zero-order valence-electron chi connectivity index (χ0n) is 42.1. The zero-order valence-corrected chi connectivity index (χ0v) is 44.1. The molecule has 3 N–H and O–H groups in total. The normalized spacial score (nSPS) is 30.8. The first-order chi connectivity index (χ1) is 32.0. The summed E-state index contributed by atoms with van der Waals surface area (Å²) in [7, 11) is -5.22. The van der Waals surface area contributed by atoms with Crippen molar-refractivity contribution in [2.75, 3.05) is 6.61 Å². The third kappa shape index (κ3) is 9.11. The largest absolute Gasteiger partial charge is 0.456 e. The Morgan fingerprint density at radius 2 is 1.38 bits per heavy atom. The van der Waals surface area contributed by atoms with Gasteiger partial charge in [-0.05, 0) is 79.0 Å².